The van der Waals surface area contributed by atoms with Crippen LogP contribution in [0.25, 0.3) is 0 Å². The molecule has 0 bridgehead atoms. The fourth-order valence-electron chi connectivity index (χ4n) is 2.93. The molecule has 7 heteroatoms. The van der Waals surface area contributed by atoms with Crippen LogP contribution in [0.5, 0.6) is 0 Å². The van der Waals surface area contributed by atoms with E-state index in [1.807, 2.05) is 13.1 Å². The lowest BCUT2D eigenvalue weighted by Crippen LogP contribution is -2.41. The second-order valence-corrected chi connectivity index (χ2v) is 7.55. The van der Waals surface area contributed by atoms with Gasteiger partial charge in [0.2, 0.25) is 5.91 Å². The van der Waals surface area contributed by atoms with Gasteiger partial charge >= 0.3 is 0 Å². The van der Waals surface area contributed by atoms with Gasteiger partial charge in [0.05, 0.1) is 5.01 Å². The van der Waals surface area contributed by atoms with Crippen molar-refractivity contribution < 1.29 is 4.79 Å². The van der Waals surface area contributed by atoms with Crippen LogP contribution >= 0.6 is 11.3 Å². The van der Waals surface area contributed by atoms with Crippen LogP contribution in [-0.4, -0.2) is 42.5 Å². The monoisotopic (exact) mass is 365 g/mol. The molecule has 1 heterocycles. The number of rotatable bonds is 8. The topological polar surface area (TPSA) is 78.4 Å². The number of hydrogen-bond acceptors (Lipinski definition) is 4. The number of guanidine groups is 1. The molecular formula is C18H31N5OS. The Morgan fingerprint density at radius 2 is 2.08 bits per heavy atom. The predicted molar refractivity (Wildman–Crippen MR) is 104 cm³/mol. The standard InChI is InChI=1S/C18H31N5OS/c1-3-15-12-21-17(25-15)10-11-20-18(19-4-2)22-13-16(24)23-14-8-6-5-7-9-14/h12,14H,3-11,13H2,1-2H3,(H,23,24)(H2,19,20,22). The van der Waals surface area contributed by atoms with Crippen LogP contribution in [0.15, 0.2) is 11.2 Å². The Kier molecular flexibility index (Phi) is 8.72. The lowest BCUT2D eigenvalue weighted by atomic mass is 9.95. The van der Waals surface area contributed by atoms with Crippen molar-refractivity contribution >= 4 is 23.2 Å². The lowest BCUT2D eigenvalue weighted by Gasteiger charge is -2.22. The molecule has 3 N–H and O–H groups in total. The summed E-state index contributed by atoms with van der Waals surface area (Å²) in [5.74, 6) is 0.699. The summed E-state index contributed by atoms with van der Waals surface area (Å²) in [5, 5.41) is 10.7. The maximum atomic E-state index is 12.1. The fourth-order valence-corrected chi connectivity index (χ4v) is 3.79. The van der Waals surface area contributed by atoms with Gasteiger partial charge in [0.15, 0.2) is 5.96 Å². The third-order valence-electron chi connectivity index (χ3n) is 4.28. The molecule has 1 aliphatic carbocycles. The number of nitrogens with one attached hydrogen (secondary N) is 3. The number of thiazole rings is 1. The molecule has 6 nitrogen and oxygen atoms in total. The smallest absolute Gasteiger partial charge is 0.242 e. The molecular weight excluding hydrogens is 334 g/mol. The summed E-state index contributed by atoms with van der Waals surface area (Å²) >= 11 is 1.76. The molecule has 1 amide bonds. The van der Waals surface area contributed by atoms with Crippen LogP contribution in [0.2, 0.25) is 0 Å². The zero-order chi connectivity index (χ0) is 17.9. The van der Waals surface area contributed by atoms with E-state index in [9.17, 15) is 4.79 Å². The minimum Gasteiger partial charge on any atom is -0.357 e. The third kappa shape index (κ3) is 7.42. The minimum absolute atomic E-state index is 0.0108. The molecule has 1 aliphatic rings. The molecule has 1 fully saturated rings. The molecule has 0 unspecified atom stereocenters. The molecule has 25 heavy (non-hydrogen) atoms. The molecule has 0 saturated heterocycles. The van der Waals surface area contributed by atoms with Gasteiger partial charge in [0.1, 0.15) is 6.54 Å². The van der Waals surface area contributed by atoms with Crippen LogP contribution in [0.3, 0.4) is 0 Å². The van der Waals surface area contributed by atoms with E-state index in [0.29, 0.717) is 12.0 Å². The number of hydrogen-bond donors (Lipinski definition) is 3. The van der Waals surface area contributed by atoms with E-state index >= 15 is 0 Å². The van der Waals surface area contributed by atoms with Crippen molar-refractivity contribution in [2.45, 2.75) is 64.8 Å². The number of carbonyl (C=O) groups is 1. The van der Waals surface area contributed by atoms with Gasteiger partial charge in [-0.25, -0.2) is 9.98 Å². The SMILES string of the molecule is CCNC(=NCC(=O)NC1CCCCC1)NCCc1ncc(CC)s1. The number of carbonyl (C=O) groups excluding carboxylic acids is 1. The summed E-state index contributed by atoms with van der Waals surface area (Å²) in [4.78, 5) is 22.2. The predicted octanol–water partition coefficient (Wildman–Crippen LogP) is 2.25. The third-order valence-corrected chi connectivity index (χ3v) is 5.48. The summed E-state index contributed by atoms with van der Waals surface area (Å²) in [5.41, 5.74) is 0. The molecule has 0 aliphatic heterocycles. The van der Waals surface area contributed by atoms with Gasteiger partial charge in [0, 0.05) is 36.6 Å². The second kappa shape index (κ2) is 11.1. The Labute approximate surface area is 154 Å². The van der Waals surface area contributed by atoms with E-state index in [1.54, 1.807) is 11.3 Å². The Hall–Kier alpha value is -1.63. The molecule has 1 saturated carbocycles. The van der Waals surface area contributed by atoms with Gasteiger partial charge in [-0.3, -0.25) is 4.79 Å². The van der Waals surface area contributed by atoms with Crippen LogP contribution in [0, 0.1) is 0 Å². The number of aromatic nitrogens is 1. The van der Waals surface area contributed by atoms with Crippen LogP contribution in [0.4, 0.5) is 0 Å². The molecule has 0 aromatic carbocycles. The first-order chi connectivity index (χ1) is 12.2. The highest BCUT2D eigenvalue weighted by atomic mass is 32.1. The Bertz CT molecular complexity index is 551. The highest BCUT2D eigenvalue weighted by Gasteiger charge is 2.15. The molecule has 140 valence electrons. The maximum Gasteiger partial charge on any atom is 0.242 e. The van der Waals surface area contributed by atoms with E-state index in [4.69, 9.17) is 0 Å². The Balaban J connectivity index is 1.73. The molecule has 0 radical (unpaired) electrons. The van der Waals surface area contributed by atoms with Gasteiger partial charge in [0.25, 0.3) is 0 Å². The summed E-state index contributed by atoms with van der Waals surface area (Å²) in [7, 11) is 0. The van der Waals surface area contributed by atoms with Crippen molar-refractivity contribution in [3.63, 3.8) is 0 Å². The van der Waals surface area contributed by atoms with E-state index in [0.717, 1.165) is 43.8 Å². The number of nitrogens with zero attached hydrogens (tertiary/aromatic N) is 2. The van der Waals surface area contributed by atoms with Crippen molar-refractivity contribution in [1.29, 1.82) is 0 Å². The highest BCUT2D eigenvalue weighted by molar-refractivity contribution is 7.11. The van der Waals surface area contributed by atoms with E-state index < -0.39 is 0 Å². The van der Waals surface area contributed by atoms with Gasteiger partial charge in [-0.05, 0) is 26.2 Å². The quantitative estimate of drug-likeness (QED) is 0.488. The number of aliphatic imine (C=N–C) groups is 1. The molecule has 2 rings (SSSR count). The van der Waals surface area contributed by atoms with E-state index in [1.165, 1.54) is 24.1 Å². The average Bonchev–Trinajstić information content (AvgIpc) is 3.08. The van der Waals surface area contributed by atoms with Crippen molar-refractivity contribution in [2.24, 2.45) is 4.99 Å². The fraction of sp³-hybridized carbons (Fsp3) is 0.722. The average molecular weight is 366 g/mol. The molecule has 1 aromatic heterocycles. The number of amides is 1. The summed E-state index contributed by atoms with van der Waals surface area (Å²) < 4.78 is 0. The van der Waals surface area contributed by atoms with E-state index in [2.05, 4.69) is 32.9 Å². The Morgan fingerprint density at radius 3 is 2.76 bits per heavy atom. The summed E-state index contributed by atoms with van der Waals surface area (Å²) in [6.45, 7) is 5.86. The zero-order valence-electron chi connectivity index (χ0n) is 15.4. The van der Waals surface area contributed by atoms with Crippen LogP contribution in [0.1, 0.15) is 55.8 Å². The van der Waals surface area contributed by atoms with E-state index in [-0.39, 0.29) is 12.5 Å². The first-order valence-electron chi connectivity index (χ1n) is 9.46. The van der Waals surface area contributed by atoms with Crippen molar-refractivity contribution in [1.82, 2.24) is 20.9 Å². The first kappa shape index (κ1) is 19.7. The van der Waals surface area contributed by atoms with Crippen LogP contribution in [-0.2, 0) is 17.6 Å². The van der Waals surface area contributed by atoms with Crippen molar-refractivity contribution in [3.8, 4) is 0 Å². The van der Waals surface area contributed by atoms with Gasteiger partial charge in [-0.1, -0.05) is 26.2 Å². The van der Waals surface area contributed by atoms with Gasteiger partial charge in [-0.15, -0.1) is 11.3 Å². The maximum absolute atomic E-state index is 12.1. The summed E-state index contributed by atoms with van der Waals surface area (Å²) in [6.07, 6.45) is 9.77. The van der Waals surface area contributed by atoms with Gasteiger partial charge < -0.3 is 16.0 Å². The molecule has 0 spiro atoms. The first-order valence-corrected chi connectivity index (χ1v) is 10.3. The lowest BCUT2D eigenvalue weighted by molar-refractivity contribution is -0.120. The van der Waals surface area contributed by atoms with Crippen LogP contribution < -0.4 is 16.0 Å². The van der Waals surface area contributed by atoms with Gasteiger partial charge in [-0.2, -0.15) is 0 Å². The molecule has 0 atom stereocenters. The zero-order valence-corrected chi connectivity index (χ0v) is 16.3. The number of aryl methyl sites for hydroxylation is 1. The van der Waals surface area contributed by atoms with Crippen molar-refractivity contribution in [3.05, 3.63) is 16.1 Å². The minimum atomic E-state index is 0.0108. The Morgan fingerprint density at radius 1 is 1.28 bits per heavy atom. The van der Waals surface area contributed by atoms with Crippen molar-refractivity contribution in [2.75, 3.05) is 19.6 Å². The highest BCUT2D eigenvalue weighted by Crippen LogP contribution is 2.17. The summed E-state index contributed by atoms with van der Waals surface area (Å²) in [6, 6.07) is 0.338. The largest absolute Gasteiger partial charge is 0.357 e. The molecule has 1 aromatic rings. The normalized spacial score (nSPS) is 15.8. The second-order valence-electron chi connectivity index (χ2n) is 6.35.